The van der Waals surface area contributed by atoms with Gasteiger partial charge >= 0.3 is 0 Å². The molecule has 2 aliphatic carbocycles. The van der Waals surface area contributed by atoms with Crippen LogP contribution in [0.3, 0.4) is 0 Å². The van der Waals surface area contributed by atoms with E-state index in [0.29, 0.717) is 6.04 Å². The Bertz CT molecular complexity index is 786. The summed E-state index contributed by atoms with van der Waals surface area (Å²) in [6.45, 7) is 4.17. The first-order valence-corrected chi connectivity index (χ1v) is 11.3. The van der Waals surface area contributed by atoms with E-state index in [9.17, 15) is 4.39 Å². The van der Waals surface area contributed by atoms with E-state index < -0.39 is 0 Å². The first kappa shape index (κ1) is 19.1. The van der Waals surface area contributed by atoms with Crippen molar-refractivity contribution in [3.63, 3.8) is 0 Å². The molecule has 1 aromatic carbocycles. The number of piperazine rings is 1. The van der Waals surface area contributed by atoms with Gasteiger partial charge in [-0.05, 0) is 53.8 Å². The molecule has 7 heteroatoms. The fraction of sp³-hybridized carbons (Fsp3) is 0.682. The van der Waals surface area contributed by atoms with Crippen molar-refractivity contribution in [2.75, 3.05) is 26.2 Å². The summed E-state index contributed by atoms with van der Waals surface area (Å²) in [6.07, 6.45) is 10.2. The first-order valence-electron chi connectivity index (χ1n) is 11.3. The molecule has 1 atom stereocenters. The van der Waals surface area contributed by atoms with Crippen molar-refractivity contribution in [2.24, 2.45) is 0 Å². The predicted molar refractivity (Wildman–Crippen MR) is 109 cm³/mol. The van der Waals surface area contributed by atoms with Gasteiger partial charge in [-0.3, -0.25) is 9.80 Å². The van der Waals surface area contributed by atoms with Crippen LogP contribution in [0.4, 0.5) is 4.39 Å². The lowest BCUT2D eigenvalue weighted by atomic mass is 10.0. The third kappa shape index (κ3) is 3.94. The molecule has 1 aliphatic heterocycles. The predicted octanol–water partition coefficient (Wildman–Crippen LogP) is 3.58. The summed E-state index contributed by atoms with van der Waals surface area (Å²) in [6, 6.07) is 8.06. The molecule has 156 valence electrons. The third-order valence-corrected chi connectivity index (χ3v) is 7.17. The minimum absolute atomic E-state index is 0.0167. The number of hydrogen-bond acceptors (Lipinski definition) is 5. The fourth-order valence-electron chi connectivity index (χ4n) is 5.59. The normalized spacial score (nSPS) is 23.8. The molecule has 0 unspecified atom stereocenters. The molecule has 3 fully saturated rings. The summed E-state index contributed by atoms with van der Waals surface area (Å²) < 4.78 is 15.7. The van der Waals surface area contributed by atoms with E-state index in [1.165, 1.54) is 38.5 Å². The molecule has 6 nitrogen and oxygen atoms in total. The second-order valence-corrected chi connectivity index (χ2v) is 8.88. The van der Waals surface area contributed by atoms with Gasteiger partial charge in [-0.15, -0.1) is 5.10 Å². The third-order valence-electron chi connectivity index (χ3n) is 7.17. The molecule has 3 aliphatic rings. The molecule has 0 bridgehead atoms. The van der Waals surface area contributed by atoms with Gasteiger partial charge in [0, 0.05) is 32.2 Å². The first-order chi connectivity index (χ1) is 14.3. The molecule has 0 radical (unpaired) electrons. The second kappa shape index (κ2) is 8.48. The molecule has 2 saturated carbocycles. The van der Waals surface area contributed by atoms with Gasteiger partial charge < -0.3 is 0 Å². The minimum atomic E-state index is -0.200. The van der Waals surface area contributed by atoms with Crippen molar-refractivity contribution in [1.29, 1.82) is 0 Å². The molecule has 5 rings (SSSR count). The number of tetrazole rings is 1. The van der Waals surface area contributed by atoms with Gasteiger partial charge in [0.25, 0.3) is 0 Å². The van der Waals surface area contributed by atoms with Crippen LogP contribution in [0.5, 0.6) is 0 Å². The van der Waals surface area contributed by atoms with Gasteiger partial charge in [-0.1, -0.05) is 37.8 Å². The lowest BCUT2D eigenvalue weighted by Crippen LogP contribution is -2.51. The van der Waals surface area contributed by atoms with Crippen molar-refractivity contribution < 1.29 is 4.39 Å². The van der Waals surface area contributed by atoms with Gasteiger partial charge in [0.1, 0.15) is 5.82 Å². The summed E-state index contributed by atoms with van der Waals surface area (Å²) in [5.74, 6) is 0.715. The number of halogens is 1. The Morgan fingerprint density at radius 3 is 2.10 bits per heavy atom. The molecular formula is C22H31FN6. The topological polar surface area (TPSA) is 50.1 Å². The Hall–Kier alpha value is -1.86. The molecule has 2 heterocycles. The molecule has 0 N–H and O–H groups in total. The van der Waals surface area contributed by atoms with Crippen LogP contribution in [0.15, 0.2) is 24.3 Å². The molecule has 29 heavy (non-hydrogen) atoms. The fourth-order valence-corrected chi connectivity index (χ4v) is 5.59. The summed E-state index contributed by atoms with van der Waals surface area (Å²) in [5, 5.41) is 12.9. The summed E-state index contributed by atoms with van der Waals surface area (Å²) in [5.41, 5.74) is 1.08. The number of nitrogens with zero attached hydrogens (tertiary/aromatic N) is 6. The Morgan fingerprint density at radius 2 is 1.45 bits per heavy atom. The minimum Gasteiger partial charge on any atom is -0.298 e. The average molecular weight is 399 g/mol. The number of aromatic nitrogens is 4. The summed E-state index contributed by atoms with van der Waals surface area (Å²) in [4.78, 5) is 5.17. The maximum atomic E-state index is 13.6. The Labute approximate surface area is 172 Å². The van der Waals surface area contributed by atoms with E-state index in [1.807, 2.05) is 12.1 Å². The van der Waals surface area contributed by atoms with Crippen LogP contribution in [0.2, 0.25) is 0 Å². The maximum absolute atomic E-state index is 13.6. The number of benzene rings is 1. The average Bonchev–Trinajstić information content (AvgIpc) is 3.52. The lowest BCUT2D eigenvalue weighted by Gasteiger charge is -2.41. The quantitative estimate of drug-likeness (QED) is 0.771. The lowest BCUT2D eigenvalue weighted by molar-refractivity contribution is 0.0764. The zero-order chi connectivity index (χ0) is 19.6. The van der Waals surface area contributed by atoms with E-state index in [4.69, 9.17) is 0 Å². The van der Waals surface area contributed by atoms with Crippen molar-refractivity contribution >= 4 is 0 Å². The Kier molecular flexibility index (Phi) is 5.59. The van der Waals surface area contributed by atoms with Crippen LogP contribution in [0, 0.1) is 5.82 Å². The Balaban J connectivity index is 1.41. The SMILES string of the molecule is Fc1ccc([C@@H](c2nnnn2C2CCCC2)N2CCN(C3CCCC3)CC2)cc1. The molecule has 0 spiro atoms. The highest BCUT2D eigenvalue weighted by molar-refractivity contribution is 5.26. The van der Waals surface area contributed by atoms with Crippen LogP contribution >= 0.6 is 0 Å². The molecular weight excluding hydrogens is 367 g/mol. The van der Waals surface area contributed by atoms with Gasteiger partial charge in [-0.25, -0.2) is 9.07 Å². The van der Waals surface area contributed by atoms with Crippen LogP contribution in [0.1, 0.15) is 74.8 Å². The highest BCUT2D eigenvalue weighted by Crippen LogP contribution is 2.35. The van der Waals surface area contributed by atoms with Crippen LogP contribution in [-0.4, -0.2) is 62.2 Å². The van der Waals surface area contributed by atoms with E-state index >= 15 is 0 Å². The second-order valence-electron chi connectivity index (χ2n) is 8.88. The zero-order valence-electron chi connectivity index (χ0n) is 17.1. The van der Waals surface area contributed by atoms with Crippen molar-refractivity contribution in [2.45, 2.75) is 69.5 Å². The van der Waals surface area contributed by atoms with Crippen molar-refractivity contribution in [3.8, 4) is 0 Å². The summed E-state index contributed by atoms with van der Waals surface area (Å²) >= 11 is 0. The van der Waals surface area contributed by atoms with Crippen molar-refractivity contribution in [1.82, 2.24) is 30.0 Å². The van der Waals surface area contributed by atoms with E-state index in [1.54, 1.807) is 12.1 Å². The maximum Gasteiger partial charge on any atom is 0.173 e. The zero-order valence-corrected chi connectivity index (χ0v) is 17.1. The largest absolute Gasteiger partial charge is 0.298 e. The van der Waals surface area contributed by atoms with Gasteiger partial charge in [0.15, 0.2) is 5.82 Å². The number of rotatable bonds is 5. The van der Waals surface area contributed by atoms with Crippen LogP contribution in [-0.2, 0) is 0 Å². The van der Waals surface area contributed by atoms with Crippen LogP contribution < -0.4 is 0 Å². The molecule has 1 saturated heterocycles. The molecule has 0 amide bonds. The van der Waals surface area contributed by atoms with Gasteiger partial charge in [-0.2, -0.15) is 0 Å². The van der Waals surface area contributed by atoms with Crippen LogP contribution in [0.25, 0.3) is 0 Å². The van der Waals surface area contributed by atoms with Crippen molar-refractivity contribution in [3.05, 3.63) is 41.5 Å². The Morgan fingerprint density at radius 1 is 0.828 bits per heavy atom. The smallest absolute Gasteiger partial charge is 0.173 e. The molecule has 1 aromatic heterocycles. The monoisotopic (exact) mass is 398 g/mol. The van der Waals surface area contributed by atoms with E-state index in [2.05, 4.69) is 30.0 Å². The van der Waals surface area contributed by atoms with Gasteiger partial charge in [0.2, 0.25) is 0 Å². The highest BCUT2D eigenvalue weighted by atomic mass is 19.1. The standard InChI is InChI=1S/C22H31FN6/c23-18-11-9-17(10-12-18)21(22-24-25-26-29(22)20-7-3-4-8-20)28-15-13-27(14-16-28)19-5-1-2-6-19/h9-12,19-21H,1-8,13-16H2/t21-/m0/s1. The summed E-state index contributed by atoms with van der Waals surface area (Å²) in [7, 11) is 0. The number of hydrogen-bond donors (Lipinski definition) is 0. The molecule has 2 aromatic rings. The highest BCUT2D eigenvalue weighted by Gasteiger charge is 2.34. The van der Waals surface area contributed by atoms with E-state index in [-0.39, 0.29) is 11.9 Å². The van der Waals surface area contributed by atoms with E-state index in [0.717, 1.165) is 56.5 Å². The van der Waals surface area contributed by atoms with Gasteiger partial charge in [0.05, 0.1) is 12.1 Å².